The standard InChI is InChI=1S/C51H42N4O/c56-50-47(40-17-6-2-7-18-40)23-13-24-48(50)42-30-28-41(29-31-42)46-22-10-11-25-49(46)52-45-32-26-37(27-33-45)35-54(55-51(53-55)43-19-8-3-9-20-43)36-38-14-12-21-44(34-38)39-15-4-1-5-16-39/h1-34,51-53,56H,35-36H2. The van der Waals surface area contributed by atoms with Crippen molar-refractivity contribution in [3.8, 4) is 50.3 Å². The van der Waals surface area contributed by atoms with Crippen molar-refractivity contribution in [1.29, 1.82) is 0 Å². The molecule has 5 heteroatoms. The first-order valence-corrected chi connectivity index (χ1v) is 19.1. The van der Waals surface area contributed by atoms with Crippen LogP contribution in [0.3, 0.4) is 0 Å². The normalized spacial score (nSPS) is 14.7. The van der Waals surface area contributed by atoms with Gasteiger partial charge < -0.3 is 10.4 Å². The first-order valence-electron chi connectivity index (χ1n) is 19.1. The van der Waals surface area contributed by atoms with Gasteiger partial charge in [-0.05, 0) is 68.8 Å². The summed E-state index contributed by atoms with van der Waals surface area (Å²) in [6.07, 6.45) is 0.144. The summed E-state index contributed by atoms with van der Waals surface area (Å²) in [5.41, 5.74) is 17.6. The van der Waals surface area contributed by atoms with Crippen LogP contribution in [0.5, 0.6) is 5.75 Å². The molecule has 9 rings (SSSR count). The Bertz CT molecular complexity index is 2540. The van der Waals surface area contributed by atoms with E-state index in [0.29, 0.717) is 5.75 Å². The molecule has 0 aliphatic carbocycles. The van der Waals surface area contributed by atoms with Gasteiger partial charge in [0.2, 0.25) is 0 Å². The number of hydrogen-bond donors (Lipinski definition) is 3. The van der Waals surface area contributed by atoms with Crippen LogP contribution < -0.4 is 10.7 Å². The van der Waals surface area contributed by atoms with Crippen molar-refractivity contribution in [2.45, 2.75) is 19.3 Å². The summed E-state index contributed by atoms with van der Waals surface area (Å²) in [4.78, 5) is 0. The van der Waals surface area contributed by atoms with Crippen molar-refractivity contribution in [3.63, 3.8) is 0 Å². The van der Waals surface area contributed by atoms with Crippen LogP contribution in [0.25, 0.3) is 44.5 Å². The van der Waals surface area contributed by atoms with Gasteiger partial charge in [0.05, 0.1) is 0 Å². The predicted octanol–water partition coefficient (Wildman–Crippen LogP) is 12.2. The minimum Gasteiger partial charge on any atom is -0.507 e. The Morgan fingerprint density at radius 1 is 0.464 bits per heavy atom. The van der Waals surface area contributed by atoms with Gasteiger partial charge in [-0.25, -0.2) is 10.4 Å². The molecule has 2 unspecified atom stereocenters. The fraction of sp³-hybridized carbons (Fsp3) is 0.0588. The third-order valence-corrected chi connectivity index (χ3v) is 10.4. The van der Waals surface area contributed by atoms with E-state index in [0.717, 1.165) is 57.8 Å². The molecule has 8 aromatic rings. The van der Waals surface area contributed by atoms with Crippen molar-refractivity contribution in [3.05, 3.63) is 223 Å². The SMILES string of the molecule is Oc1c(-c2ccccc2)cccc1-c1ccc(-c2ccccc2Nc2ccc(CN(Cc3cccc(-c4ccccc4)c3)N3NC3c3ccccc3)cc2)cc1. The van der Waals surface area contributed by atoms with E-state index in [-0.39, 0.29) is 6.17 Å². The second-order valence-corrected chi connectivity index (χ2v) is 14.2. The van der Waals surface area contributed by atoms with Gasteiger partial charge in [-0.2, -0.15) is 5.12 Å². The largest absolute Gasteiger partial charge is 0.507 e. The number of anilines is 2. The molecule has 0 aromatic heterocycles. The predicted molar refractivity (Wildman–Crippen MR) is 229 cm³/mol. The average Bonchev–Trinajstić information content (AvgIpc) is 4.07. The Hall–Kier alpha value is -6.76. The first kappa shape index (κ1) is 35.0. The van der Waals surface area contributed by atoms with Crippen LogP contribution in [-0.4, -0.2) is 15.2 Å². The number of phenolic OH excluding ortho intramolecular Hbond substituents is 1. The lowest BCUT2D eigenvalue weighted by Crippen LogP contribution is -2.30. The monoisotopic (exact) mass is 726 g/mol. The molecule has 0 bridgehead atoms. The summed E-state index contributed by atoms with van der Waals surface area (Å²) >= 11 is 0. The molecule has 2 atom stereocenters. The highest BCUT2D eigenvalue weighted by Gasteiger charge is 2.39. The van der Waals surface area contributed by atoms with Crippen molar-refractivity contribution < 1.29 is 5.11 Å². The molecule has 0 spiro atoms. The molecule has 56 heavy (non-hydrogen) atoms. The quantitative estimate of drug-likeness (QED) is 0.109. The second-order valence-electron chi connectivity index (χ2n) is 14.2. The lowest BCUT2D eigenvalue weighted by Gasteiger charge is -2.23. The van der Waals surface area contributed by atoms with Gasteiger partial charge in [0.25, 0.3) is 0 Å². The Labute approximate surface area is 328 Å². The minimum absolute atomic E-state index is 0.144. The molecule has 1 heterocycles. The number of benzene rings is 8. The number of nitrogens with zero attached hydrogens (tertiary/aromatic N) is 2. The molecule has 1 fully saturated rings. The van der Waals surface area contributed by atoms with Gasteiger partial charge in [0.1, 0.15) is 11.9 Å². The number of phenols is 1. The molecule has 8 aromatic carbocycles. The van der Waals surface area contributed by atoms with E-state index in [2.05, 4.69) is 179 Å². The van der Waals surface area contributed by atoms with E-state index in [4.69, 9.17) is 0 Å². The summed E-state index contributed by atoms with van der Waals surface area (Å²) in [6, 6.07) is 71.5. The number of aromatic hydroxyl groups is 1. The van der Waals surface area contributed by atoms with Gasteiger partial charge in [-0.1, -0.05) is 182 Å². The zero-order valence-electron chi connectivity index (χ0n) is 31.0. The lowest BCUT2D eigenvalue weighted by molar-refractivity contribution is 0.0407. The van der Waals surface area contributed by atoms with Crippen LogP contribution in [-0.2, 0) is 13.1 Å². The van der Waals surface area contributed by atoms with E-state index < -0.39 is 0 Å². The highest BCUT2D eigenvalue weighted by atomic mass is 16.3. The number of hydrazine groups is 2. The van der Waals surface area contributed by atoms with Gasteiger partial charge in [-0.15, -0.1) is 0 Å². The maximum Gasteiger partial charge on any atom is 0.131 e. The smallest absolute Gasteiger partial charge is 0.131 e. The van der Waals surface area contributed by atoms with Crippen LogP contribution in [0, 0.1) is 0 Å². The highest BCUT2D eigenvalue weighted by molar-refractivity contribution is 5.85. The van der Waals surface area contributed by atoms with Crippen molar-refractivity contribution in [2.24, 2.45) is 0 Å². The third-order valence-electron chi connectivity index (χ3n) is 10.4. The lowest BCUT2D eigenvalue weighted by atomic mass is 9.95. The number of hydrogen-bond acceptors (Lipinski definition) is 5. The summed E-state index contributed by atoms with van der Waals surface area (Å²) < 4.78 is 0. The number of para-hydroxylation sites is 2. The van der Waals surface area contributed by atoms with Gasteiger partial charge in [-0.3, -0.25) is 0 Å². The molecule has 5 nitrogen and oxygen atoms in total. The Morgan fingerprint density at radius 2 is 0.982 bits per heavy atom. The molecular formula is C51H42N4O. The van der Waals surface area contributed by atoms with Crippen molar-refractivity contribution >= 4 is 11.4 Å². The molecular weight excluding hydrogens is 685 g/mol. The Kier molecular flexibility index (Phi) is 9.94. The van der Waals surface area contributed by atoms with E-state index in [1.165, 1.54) is 27.8 Å². The molecule has 1 saturated heterocycles. The first-order chi connectivity index (χ1) is 27.7. The van der Waals surface area contributed by atoms with Crippen LogP contribution >= 0.6 is 0 Å². The van der Waals surface area contributed by atoms with Crippen LogP contribution in [0.4, 0.5) is 11.4 Å². The Morgan fingerprint density at radius 3 is 1.68 bits per heavy atom. The van der Waals surface area contributed by atoms with Crippen molar-refractivity contribution in [2.75, 3.05) is 5.32 Å². The maximum absolute atomic E-state index is 11.2. The molecule has 1 aliphatic heterocycles. The topological polar surface area (TPSA) is 60.5 Å². The number of rotatable bonds is 12. The highest BCUT2D eigenvalue weighted by Crippen LogP contribution is 2.39. The van der Waals surface area contributed by atoms with E-state index in [9.17, 15) is 5.11 Å². The average molecular weight is 727 g/mol. The number of nitrogens with one attached hydrogen (secondary N) is 2. The third kappa shape index (κ3) is 7.74. The maximum atomic E-state index is 11.2. The summed E-state index contributed by atoms with van der Waals surface area (Å²) in [5, 5.41) is 19.6. The van der Waals surface area contributed by atoms with E-state index in [1.807, 2.05) is 48.5 Å². The van der Waals surface area contributed by atoms with E-state index >= 15 is 0 Å². The molecule has 272 valence electrons. The van der Waals surface area contributed by atoms with Crippen molar-refractivity contribution in [1.82, 2.24) is 15.6 Å². The van der Waals surface area contributed by atoms with Crippen LogP contribution in [0.15, 0.2) is 206 Å². The fourth-order valence-corrected chi connectivity index (χ4v) is 7.45. The summed E-state index contributed by atoms with van der Waals surface area (Å²) in [5.74, 6) is 0.291. The zero-order valence-corrected chi connectivity index (χ0v) is 31.0. The minimum atomic E-state index is 0.144. The second kappa shape index (κ2) is 15.9. The van der Waals surface area contributed by atoms with Gasteiger partial charge >= 0.3 is 0 Å². The molecule has 0 saturated carbocycles. The van der Waals surface area contributed by atoms with Crippen LogP contribution in [0.1, 0.15) is 22.9 Å². The van der Waals surface area contributed by atoms with E-state index in [1.54, 1.807) is 0 Å². The van der Waals surface area contributed by atoms with Gasteiger partial charge in [0.15, 0.2) is 0 Å². The fourth-order valence-electron chi connectivity index (χ4n) is 7.45. The molecule has 1 aliphatic rings. The zero-order chi connectivity index (χ0) is 37.7. The Balaban J connectivity index is 0.919. The van der Waals surface area contributed by atoms with Crippen LogP contribution in [0.2, 0.25) is 0 Å². The summed E-state index contributed by atoms with van der Waals surface area (Å²) in [6.45, 7) is 1.51. The summed E-state index contributed by atoms with van der Waals surface area (Å²) in [7, 11) is 0. The van der Waals surface area contributed by atoms with Gasteiger partial charge in [0, 0.05) is 41.2 Å². The molecule has 3 N–H and O–H groups in total. The molecule has 0 amide bonds. The molecule has 0 radical (unpaired) electrons.